The molecule has 1 N–H and O–H groups in total. The third-order valence-corrected chi connectivity index (χ3v) is 2.03. The average Bonchev–Trinajstić information content (AvgIpc) is 2.61. The first kappa shape index (κ1) is 12.2. The second kappa shape index (κ2) is 5.29. The summed E-state index contributed by atoms with van der Waals surface area (Å²) < 4.78 is 6.38. The van der Waals surface area contributed by atoms with Gasteiger partial charge in [0.25, 0.3) is 0 Å². The number of rotatable bonds is 4. The van der Waals surface area contributed by atoms with Crippen LogP contribution in [0.4, 0.5) is 0 Å². The van der Waals surface area contributed by atoms with Gasteiger partial charge in [-0.05, 0) is 0 Å². The van der Waals surface area contributed by atoms with Gasteiger partial charge in [-0.15, -0.1) is 0 Å². The quantitative estimate of drug-likeness (QED) is 0.710. The van der Waals surface area contributed by atoms with E-state index in [-0.39, 0.29) is 5.91 Å². The van der Waals surface area contributed by atoms with Gasteiger partial charge in [0.05, 0.1) is 19.1 Å². The number of imidazole rings is 1. The standard InChI is InChI=1S/C10H15N3O3/c1-7(14)12-9(10(15)16-3)4-8-5-13(2)6-11-8/h5-6,9H,4H2,1-3H3,(H,12,14)/t9-/m0/s1. The molecule has 0 fully saturated rings. The topological polar surface area (TPSA) is 73.2 Å². The van der Waals surface area contributed by atoms with E-state index >= 15 is 0 Å². The van der Waals surface area contributed by atoms with Crippen LogP contribution in [0.3, 0.4) is 0 Å². The highest BCUT2D eigenvalue weighted by atomic mass is 16.5. The summed E-state index contributed by atoms with van der Waals surface area (Å²) in [5, 5.41) is 2.53. The molecule has 0 aliphatic carbocycles. The van der Waals surface area contributed by atoms with Crippen LogP contribution in [0.25, 0.3) is 0 Å². The lowest BCUT2D eigenvalue weighted by Gasteiger charge is -2.13. The molecule has 0 aliphatic heterocycles. The van der Waals surface area contributed by atoms with Gasteiger partial charge in [-0.2, -0.15) is 0 Å². The Balaban J connectivity index is 2.70. The molecule has 1 aromatic rings. The predicted molar refractivity (Wildman–Crippen MR) is 56.5 cm³/mol. The van der Waals surface area contributed by atoms with Crippen LogP contribution in [0, 0.1) is 0 Å². The van der Waals surface area contributed by atoms with E-state index < -0.39 is 12.0 Å². The molecular weight excluding hydrogens is 210 g/mol. The molecule has 0 saturated heterocycles. The maximum atomic E-state index is 11.4. The number of nitrogens with one attached hydrogen (secondary N) is 1. The first-order valence-corrected chi connectivity index (χ1v) is 4.84. The Bertz CT molecular complexity index is 386. The van der Waals surface area contributed by atoms with Gasteiger partial charge >= 0.3 is 5.97 Å². The molecule has 88 valence electrons. The largest absolute Gasteiger partial charge is 0.467 e. The number of aryl methyl sites for hydroxylation is 1. The summed E-state index contributed by atoms with van der Waals surface area (Å²) >= 11 is 0. The average molecular weight is 225 g/mol. The number of aromatic nitrogens is 2. The number of methoxy groups -OCH3 is 1. The van der Waals surface area contributed by atoms with E-state index in [0.29, 0.717) is 6.42 Å². The Morgan fingerprint density at radius 2 is 2.31 bits per heavy atom. The third kappa shape index (κ3) is 3.38. The van der Waals surface area contributed by atoms with Crippen LogP contribution in [0.15, 0.2) is 12.5 Å². The van der Waals surface area contributed by atoms with Crippen molar-refractivity contribution in [1.29, 1.82) is 0 Å². The van der Waals surface area contributed by atoms with E-state index in [2.05, 4.69) is 15.0 Å². The minimum absolute atomic E-state index is 0.272. The Morgan fingerprint density at radius 3 is 2.75 bits per heavy atom. The molecule has 1 rings (SSSR count). The van der Waals surface area contributed by atoms with Crippen molar-refractivity contribution < 1.29 is 14.3 Å². The van der Waals surface area contributed by atoms with Crippen molar-refractivity contribution in [2.75, 3.05) is 7.11 Å². The number of carbonyl (C=O) groups is 2. The molecular formula is C10H15N3O3. The molecule has 0 spiro atoms. The second-order valence-electron chi connectivity index (χ2n) is 3.51. The van der Waals surface area contributed by atoms with E-state index in [1.54, 1.807) is 17.1 Å². The molecule has 0 unspecified atom stereocenters. The summed E-state index contributed by atoms with van der Waals surface area (Å²) in [5.74, 6) is -0.743. The van der Waals surface area contributed by atoms with E-state index in [9.17, 15) is 9.59 Å². The number of amides is 1. The van der Waals surface area contributed by atoms with Crippen LogP contribution < -0.4 is 5.32 Å². The first-order valence-electron chi connectivity index (χ1n) is 4.84. The van der Waals surface area contributed by atoms with Crippen molar-refractivity contribution in [1.82, 2.24) is 14.9 Å². The van der Waals surface area contributed by atoms with E-state index in [1.807, 2.05) is 7.05 Å². The van der Waals surface area contributed by atoms with Gasteiger partial charge in [0.2, 0.25) is 5.91 Å². The van der Waals surface area contributed by atoms with Gasteiger partial charge < -0.3 is 14.6 Å². The molecule has 6 heteroatoms. The molecule has 0 bridgehead atoms. The fourth-order valence-electron chi connectivity index (χ4n) is 1.36. The zero-order valence-electron chi connectivity index (χ0n) is 9.56. The Labute approximate surface area is 93.6 Å². The highest BCUT2D eigenvalue weighted by Crippen LogP contribution is 2.01. The summed E-state index contributed by atoms with van der Waals surface area (Å²) in [6, 6.07) is -0.683. The summed E-state index contributed by atoms with van der Waals surface area (Å²) in [6.45, 7) is 1.36. The minimum atomic E-state index is -0.683. The number of nitrogens with zero attached hydrogens (tertiary/aromatic N) is 2. The normalized spacial score (nSPS) is 11.9. The Kier molecular flexibility index (Phi) is 4.04. The van der Waals surface area contributed by atoms with E-state index in [1.165, 1.54) is 14.0 Å². The maximum absolute atomic E-state index is 11.4. The molecule has 1 heterocycles. The van der Waals surface area contributed by atoms with E-state index in [4.69, 9.17) is 0 Å². The van der Waals surface area contributed by atoms with E-state index in [0.717, 1.165) is 5.69 Å². The molecule has 1 amide bonds. The smallest absolute Gasteiger partial charge is 0.328 e. The molecule has 1 aromatic heterocycles. The van der Waals surface area contributed by atoms with Crippen molar-refractivity contribution in [3.8, 4) is 0 Å². The highest BCUT2D eigenvalue weighted by Gasteiger charge is 2.21. The molecule has 16 heavy (non-hydrogen) atoms. The van der Waals surface area contributed by atoms with Gasteiger partial charge in [0.1, 0.15) is 6.04 Å². The van der Waals surface area contributed by atoms with Crippen LogP contribution >= 0.6 is 0 Å². The number of hydrogen-bond donors (Lipinski definition) is 1. The van der Waals surface area contributed by atoms with Crippen LogP contribution in [0.1, 0.15) is 12.6 Å². The molecule has 0 aromatic carbocycles. The SMILES string of the molecule is COC(=O)[C@H](Cc1cn(C)cn1)NC(C)=O. The minimum Gasteiger partial charge on any atom is -0.467 e. The van der Waals surface area contributed by atoms with Gasteiger partial charge in [-0.3, -0.25) is 4.79 Å². The lowest BCUT2D eigenvalue weighted by atomic mass is 10.1. The van der Waals surface area contributed by atoms with Gasteiger partial charge in [0.15, 0.2) is 0 Å². The Morgan fingerprint density at radius 1 is 1.62 bits per heavy atom. The highest BCUT2D eigenvalue weighted by molar-refractivity contribution is 5.83. The molecule has 0 radical (unpaired) electrons. The summed E-state index contributed by atoms with van der Waals surface area (Å²) in [6.07, 6.45) is 3.75. The maximum Gasteiger partial charge on any atom is 0.328 e. The molecule has 0 aliphatic rings. The lowest BCUT2D eigenvalue weighted by Crippen LogP contribution is -2.42. The number of carbonyl (C=O) groups excluding carboxylic acids is 2. The molecule has 0 saturated carbocycles. The van der Waals surface area contributed by atoms with Gasteiger partial charge in [-0.1, -0.05) is 0 Å². The van der Waals surface area contributed by atoms with Crippen LogP contribution in [-0.2, 0) is 27.8 Å². The lowest BCUT2D eigenvalue weighted by molar-refractivity contribution is -0.144. The van der Waals surface area contributed by atoms with Crippen molar-refractivity contribution in [2.45, 2.75) is 19.4 Å². The van der Waals surface area contributed by atoms with Crippen molar-refractivity contribution in [3.63, 3.8) is 0 Å². The van der Waals surface area contributed by atoms with Crippen molar-refractivity contribution >= 4 is 11.9 Å². The summed E-state index contributed by atoms with van der Waals surface area (Å²) in [7, 11) is 3.12. The second-order valence-corrected chi connectivity index (χ2v) is 3.51. The molecule has 6 nitrogen and oxygen atoms in total. The number of esters is 1. The van der Waals surface area contributed by atoms with Crippen LogP contribution in [-0.4, -0.2) is 34.6 Å². The molecule has 1 atom stereocenters. The first-order chi connectivity index (χ1) is 7.52. The third-order valence-electron chi connectivity index (χ3n) is 2.03. The summed E-state index contributed by atoms with van der Waals surface area (Å²) in [4.78, 5) is 26.4. The van der Waals surface area contributed by atoms with Crippen molar-refractivity contribution in [3.05, 3.63) is 18.2 Å². The zero-order valence-corrected chi connectivity index (χ0v) is 9.56. The summed E-state index contributed by atoms with van der Waals surface area (Å²) in [5.41, 5.74) is 0.728. The number of hydrogen-bond acceptors (Lipinski definition) is 4. The zero-order chi connectivity index (χ0) is 12.1. The fraction of sp³-hybridized carbons (Fsp3) is 0.500. The monoisotopic (exact) mass is 225 g/mol. The van der Waals surface area contributed by atoms with Gasteiger partial charge in [0, 0.05) is 26.6 Å². The van der Waals surface area contributed by atoms with Crippen molar-refractivity contribution in [2.24, 2.45) is 7.05 Å². The number of ether oxygens (including phenoxy) is 1. The fourth-order valence-corrected chi connectivity index (χ4v) is 1.36. The Hall–Kier alpha value is -1.85. The van der Waals surface area contributed by atoms with Gasteiger partial charge in [-0.25, -0.2) is 9.78 Å². The van der Waals surface area contributed by atoms with Crippen LogP contribution in [0.5, 0.6) is 0 Å². The predicted octanol–water partition coefficient (Wildman–Crippen LogP) is -0.360. The van der Waals surface area contributed by atoms with Crippen LogP contribution in [0.2, 0.25) is 0 Å².